The van der Waals surface area contributed by atoms with E-state index in [0.29, 0.717) is 6.54 Å². The normalized spacial score (nSPS) is 20.3. The van der Waals surface area contributed by atoms with Crippen LogP contribution in [0.15, 0.2) is 42.3 Å². The van der Waals surface area contributed by atoms with Gasteiger partial charge >= 0.3 is 6.08 Å². The molecule has 0 amide bonds. The summed E-state index contributed by atoms with van der Waals surface area (Å²) in [5.74, 6) is -0.316. The van der Waals surface area contributed by atoms with Gasteiger partial charge in [-0.1, -0.05) is 30.3 Å². The number of hydrogen-bond acceptors (Lipinski definition) is 2. The van der Waals surface area contributed by atoms with Crippen molar-refractivity contribution in [2.24, 2.45) is 0 Å². The van der Waals surface area contributed by atoms with Crippen molar-refractivity contribution < 1.29 is 13.5 Å². The first-order valence-corrected chi connectivity index (χ1v) is 4.66. The Bertz CT molecular complexity index is 373. The molecule has 80 valence electrons. The molecule has 1 atom stereocenters. The Balaban J connectivity index is 2.20. The molecule has 2 rings (SSSR count). The quantitative estimate of drug-likeness (QED) is 0.708. The Hall–Kier alpha value is -1.58. The van der Waals surface area contributed by atoms with Gasteiger partial charge in [0.15, 0.2) is 0 Å². The zero-order chi connectivity index (χ0) is 10.8. The zero-order valence-electron chi connectivity index (χ0n) is 8.28. The zero-order valence-corrected chi connectivity index (χ0v) is 8.28. The Morgan fingerprint density at radius 2 is 2.00 bits per heavy atom. The summed E-state index contributed by atoms with van der Waals surface area (Å²) in [4.78, 5) is 1.42. The Morgan fingerprint density at radius 3 is 2.53 bits per heavy atom. The van der Waals surface area contributed by atoms with Gasteiger partial charge in [-0.15, -0.1) is 0 Å². The van der Waals surface area contributed by atoms with Crippen LogP contribution in [0.3, 0.4) is 0 Å². The molecule has 1 fully saturated rings. The third-order valence-corrected chi connectivity index (χ3v) is 2.37. The van der Waals surface area contributed by atoms with E-state index < -0.39 is 6.08 Å². The van der Waals surface area contributed by atoms with Gasteiger partial charge in [-0.25, -0.2) is 0 Å². The largest absolute Gasteiger partial charge is 0.465 e. The number of likely N-dealkylation sites (N-methyl/N-ethyl adjacent to an activating group) is 1. The van der Waals surface area contributed by atoms with E-state index in [2.05, 4.69) is 0 Å². The summed E-state index contributed by atoms with van der Waals surface area (Å²) in [5, 5.41) is 0. The van der Waals surface area contributed by atoms with E-state index in [4.69, 9.17) is 4.74 Å². The van der Waals surface area contributed by atoms with E-state index in [9.17, 15) is 8.78 Å². The molecule has 1 aromatic carbocycles. The van der Waals surface area contributed by atoms with E-state index in [0.717, 1.165) is 5.56 Å². The molecule has 0 bridgehead atoms. The first-order chi connectivity index (χ1) is 7.18. The van der Waals surface area contributed by atoms with Gasteiger partial charge in [0.1, 0.15) is 6.10 Å². The number of halogens is 2. The lowest BCUT2D eigenvalue weighted by atomic mass is 10.1. The fourth-order valence-electron chi connectivity index (χ4n) is 1.62. The Kier molecular flexibility index (Phi) is 2.58. The maximum absolute atomic E-state index is 12.4. The molecule has 1 unspecified atom stereocenters. The lowest BCUT2D eigenvalue weighted by Crippen LogP contribution is -2.12. The van der Waals surface area contributed by atoms with Crippen LogP contribution in [0.5, 0.6) is 0 Å². The van der Waals surface area contributed by atoms with Gasteiger partial charge in [-0.05, 0) is 5.56 Å². The van der Waals surface area contributed by atoms with Gasteiger partial charge in [-0.2, -0.15) is 8.78 Å². The molecule has 0 spiro atoms. The molecule has 0 N–H and O–H groups in total. The summed E-state index contributed by atoms with van der Waals surface area (Å²) in [7, 11) is 1.59. The van der Waals surface area contributed by atoms with Gasteiger partial charge < -0.3 is 9.64 Å². The molecule has 0 aromatic heterocycles. The molecule has 1 aliphatic rings. The van der Waals surface area contributed by atoms with Gasteiger partial charge in [0, 0.05) is 7.05 Å². The molecular formula is C11H11F2NO. The molecule has 4 heteroatoms. The van der Waals surface area contributed by atoms with Crippen LogP contribution in [0, 0.1) is 0 Å². The van der Waals surface area contributed by atoms with Crippen LogP contribution in [-0.4, -0.2) is 18.5 Å². The van der Waals surface area contributed by atoms with Gasteiger partial charge in [0.05, 0.1) is 6.54 Å². The van der Waals surface area contributed by atoms with Crippen LogP contribution in [0.2, 0.25) is 0 Å². The highest BCUT2D eigenvalue weighted by molar-refractivity contribution is 5.20. The van der Waals surface area contributed by atoms with Crippen molar-refractivity contribution in [1.29, 1.82) is 0 Å². The number of benzene rings is 1. The van der Waals surface area contributed by atoms with E-state index >= 15 is 0 Å². The van der Waals surface area contributed by atoms with Gasteiger partial charge in [0.2, 0.25) is 0 Å². The highest BCUT2D eigenvalue weighted by atomic mass is 19.3. The fraction of sp³-hybridized carbons (Fsp3) is 0.273. The maximum Gasteiger partial charge on any atom is 0.329 e. The monoisotopic (exact) mass is 211 g/mol. The van der Waals surface area contributed by atoms with Gasteiger partial charge in [-0.3, -0.25) is 0 Å². The fourth-order valence-corrected chi connectivity index (χ4v) is 1.62. The molecule has 0 saturated carbocycles. The van der Waals surface area contributed by atoms with E-state index in [1.807, 2.05) is 30.3 Å². The van der Waals surface area contributed by atoms with Crippen molar-refractivity contribution in [3.05, 3.63) is 47.9 Å². The lowest BCUT2D eigenvalue weighted by Gasteiger charge is -2.07. The summed E-state index contributed by atoms with van der Waals surface area (Å²) in [6.45, 7) is 0.455. The van der Waals surface area contributed by atoms with Crippen molar-refractivity contribution in [2.75, 3.05) is 13.6 Å². The maximum atomic E-state index is 12.4. The summed E-state index contributed by atoms with van der Waals surface area (Å²) < 4.78 is 30.0. The minimum absolute atomic E-state index is 0.298. The minimum Gasteiger partial charge on any atom is -0.465 e. The topological polar surface area (TPSA) is 12.5 Å². The molecule has 0 radical (unpaired) electrons. The number of rotatable bonds is 1. The number of hydrogen-bond donors (Lipinski definition) is 0. The molecule has 15 heavy (non-hydrogen) atoms. The summed E-state index contributed by atoms with van der Waals surface area (Å²) in [6.07, 6.45) is -2.07. The first kappa shape index (κ1) is 9.96. The molecule has 1 aliphatic heterocycles. The molecular weight excluding hydrogens is 200 g/mol. The molecule has 0 aliphatic carbocycles. The molecule has 1 heterocycles. The molecule has 1 aromatic rings. The highest BCUT2D eigenvalue weighted by Crippen LogP contribution is 2.31. The third kappa shape index (κ3) is 1.93. The average molecular weight is 211 g/mol. The van der Waals surface area contributed by atoms with Gasteiger partial charge in [0.25, 0.3) is 5.88 Å². The van der Waals surface area contributed by atoms with Crippen molar-refractivity contribution in [1.82, 2.24) is 4.90 Å². The molecule has 1 saturated heterocycles. The standard InChI is InChI=1S/C11H11F2NO/c1-14-7-9(15-11(14)10(12)13)8-5-3-2-4-6-8/h2-6,9H,7H2,1H3. The van der Waals surface area contributed by atoms with E-state index in [-0.39, 0.29) is 12.0 Å². The van der Waals surface area contributed by atoms with Crippen molar-refractivity contribution >= 4 is 0 Å². The second-order valence-corrected chi connectivity index (χ2v) is 3.46. The Labute approximate surface area is 86.8 Å². The molecule has 2 nitrogen and oxygen atoms in total. The predicted octanol–water partition coefficient (Wildman–Crippen LogP) is 2.76. The SMILES string of the molecule is CN1CC(c2ccccc2)OC1=C(F)F. The first-order valence-electron chi connectivity index (χ1n) is 4.66. The smallest absolute Gasteiger partial charge is 0.329 e. The number of nitrogens with zero attached hydrogens (tertiary/aromatic N) is 1. The summed E-state index contributed by atoms with van der Waals surface area (Å²) >= 11 is 0. The van der Waals surface area contributed by atoms with E-state index in [1.54, 1.807) is 7.05 Å². The lowest BCUT2D eigenvalue weighted by molar-refractivity contribution is 0.143. The van der Waals surface area contributed by atoms with Crippen molar-refractivity contribution in [2.45, 2.75) is 6.10 Å². The van der Waals surface area contributed by atoms with E-state index in [1.165, 1.54) is 4.90 Å². The van der Waals surface area contributed by atoms with Crippen LogP contribution in [0.1, 0.15) is 11.7 Å². The highest BCUT2D eigenvalue weighted by Gasteiger charge is 2.29. The van der Waals surface area contributed by atoms with Crippen molar-refractivity contribution in [3.63, 3.8) is 0 Å². The van der Waals surface area contributed by atoms with Crippen LogP contribution < -0.4 is 0 Å². The second kappa shape index (κ2) is 3.88. The van der Waals surface area contributed by atoms with Crippen LogP contribution >= 0.6 is 0 Å². The average Bonchev–Trinajstić information content (AvgIpc) is 2.62. The third-order valence-electron chi connectivity index (χ3n) is 2.37. The second-order valence-electron chi connectivity index (χ2n) is 3.46. The number of ether oxygens (including phenoxy) is 1. The van der Waals surface area contributed by atoms with Crippen LogP contribution in [0.4, 0.5) is 8.78 Å². The minimum atomic E-state index is -1.77. The Morgan fingerprint density at radius 1 is 1.33 bits per heavy atom. The summed E-state index contributed by atoms with van der Waals surface area (Å²) in [5.41, 5.74) is 0.917. The van der Waals surface area contributed by atoms with Crippen LogP contribution in [-0.2, 0) is 4.74 Å². The van der Waals surface area contributed by atoms with Crippen molar-refractivity contribution in [3.8, 4) is 0 Å². The predicted molar refractivity (Wildman–Crippen MR) is 52.1 cm³/mol. The summed E-state index contributed by atoms with van der Waals surface area (Å²) in [6, 6.07) is 9.36. The van der Waals surface area contributed by atoms with Crippen LogP contribution in [0.25, 0.3) is 0 Å².